The minimum absolute atomic E-state index is 0.0214. The van der Waals surface area contributed by atoms with Gasteiger partial charge in [-0.1, -0.05) is 42.3 Å². The molecule has 3 atom stereocenters. The fourth-order valence-corrected chi connectivity index (χ4v) is 6.32. The molecule has 2 aliphatic carbocycles. The lowest BCUT2D eigenvalue weighted by Crippen LogP contribution is -2.51. The summed E-state index contributed by atoms with van der Waals surface area (Å²) in [6, 6.07) is 17.1. The van der Waals surface area contributed by atoms with Crippen molar-refractivity contribution in [3.05, 3.63) is 70.8 Å². The summed E-state index contributed by atoms with van der Waals surface area (Å²) in [6.45, 7) is 3.56. The molecule has 0 radical (unpaired) electrons. The number of nitrogens with one attached hydrogen (secondary N) is 1. The van der Waals surface area contributed by atoms with Gasteiger partial charge in [0.1, 0.15) is 5.60 Å². The standard InChI is InChI=1S/C31H40N2O2/c1-4-16-30(35)17-18-31(22-24-10-6-5-7-11-24)27(23-30)14-12-25-21-26(13-15-28(25)31)29(34)32-19-8-9-20-33(2)3/h5-7,10-11,13,15,21,27,35H,8-9,12,14,17-20,22-23H2,1-3H3,(H,32,34)/t27-,30-,31+/m1/s1. The number of hydrogen-bond donors (Lipinski definition) is 2. The summed E-state index contributed by atoms with van der Waals surface area (Å²) in [5.41, 5.74) is 3.84. The topological polar surface area (TPSA) is 52.6 Å². The minimum atomic E-state index is -0.885. The predicted molar refractivity (Wildman–Crippen MR) is 142 cm³/mol. The second-order valence-corrected chi connectivity index (χ2v) is 10.8. The van der Waals surface area contributed by atoms with Crippen molar-refractivity contribution < 1.29 is 9.90 Å². The molecule has 4 nitrogen and oxygen atoms in total. The Morgan fingerprint density at radius 2 is 1.94 bits per heavy atom. The lowest BCUT2D eigenvalue weighted by Gasteiger charge is -2.52. The second-order valence-electron chi connectivity index (χ2n) is 10.8. The summed E-state index contributed by atoms with van der Waals surface area (Å²) in [5.74, 6) is 6.45. The van der Waals surface area contributed by atoms with Gasteiger partial charge >= 0.3 is 0 Å². The van der Waals surface area contributed by atoms with Gasteiger partial charge in [-0.05, 0) is 114 Å². The monoisotopic (exact) mass is 472 g/mol. The zero-order valence-corrected chi connectivity index (χ0v) is 21.6. The van der Waals surface area contributed by atoms with Crippen LogP contribution in [0.5, 0.6) is 0 Å². The van der Waals surface area contributed by atoms with Gasteiger partial charge in [0, 0.05) is 17.5 Å². The van der Waals surface area contributed by atoms with E-state index in [9.17, 15) is 9.90 Å². The molecule has 186 valence electrons. The Morgan fingerprint density at radius 1 is 1.14 bits per heavy atom. The fraction of sp³-hybridized carbons (Fsp3) is 0.516. The minimum Gasteiger partial charge on any atom is -0.378 e. The van der Waals surface area contributed by atoms with Crippen LogP contribution in [-0.2, 0) is 18.3 Å². The van der Waals surface area contributed by atoms with E-state index in [4.69, 9.17) is 0 Å². The molecule has 0 heterocycles. The summed E-state index contributed by atoms with van der Waals surface area (Å²) >= 11 is 0. The van der Waals surface area contributed by atoms with Crippen molar-refractivity contribution in [3.8, 4) is 11.8 Å². The highest BCUT2D eigenvalue weighted by molar-refractivity contribution is 5.94. The van der Waals surface area contributed by atoms with Crippen molar-refractivity contribution in [2.24, 2.45) is 5.92 Å². The number of hydrogen-bond acceptors (Lipinski definition) is 3. The molecular formula is C31H40N2O2. The molecule has 1 saturated carbocycles. The summed E-state index contributed by atoms with van der Waals surface area (Å²) in [4.78, 5) is 15.0. The van der Waals surface area contributed by atoms with Crippen molar-refractivity contribution in [2.75, 3.05) is 27.2 Å². The van der Waals surface area contributed by atoms with Crippen molar-refractivity contribution >= 4 is 5.91 Å². The van der Waals surface area contributed by atoms with Crippen molar-refractivity contribution in [1.82, 2.24) is 10.2 Å². The number of unbranched alkanes of at least 4 members (excludes halogenated alkanes) is 1. The van der Waals surface area contributed by atoms with Crippen LogP contribution in [0.15, 0.2) is 48.5 Å². The first kappa shape index (κ1) is 25.5. The Labute approximate surface area is 211 Å². The molecule has 2 aromatic rings. The molecule has 4 heteroatoms. The Morgan fingerprint density at radius 3 is 2.69 bits per heavy atom. The first-order chi connectivity index (χ1) is 16.8. The highest BCUT2D eigenvalue weighted by Gasteiger charge is 2.51. The first-order valence-electron chi connectivity index (χ1n) is 13.1. The molecule has 0 unspecified atom stereocenters. The maximum Gasteiger partial charge on any atom is 0.251 e. The highest BCUT2D eigenvalue weighted by atomic mass is 16.3. The summed E-state index contributed by atoms with van der Waals surface area (Å²) in [7, 11) is 4.15. The van der Waals surface area contributed by atoms with Crippen LogP contribution in [-0.4, -0.2) is 48.7 Å². The zero-order valence-electron chi connectivity index (χ0n) is 21.6. The maximum atomic E-state index is 12.9. The van der Waals surface area contributed by atoms with Crippen LogP contribution in [0.25, 0.3) is 0 Å². The van der Waals surface area contributed by atoms with E-state index in [-0.39, 0.29) is 11.3 Å². The third-order valence-electron chi connectivity index (χ3n) is 8.05. The van der Waals surface area contributed by atoms with Crippen LogP contribution < -0.4 is 5.32 Å². The van der Waals surface area contributed by atoms with Gasteiger partial charge in [0.2, 0.25) is 0 Å². The van der Waals surface area contributed by atoms with E-state index < -0.39 is 5.60 Å². The molecule has 35 heavy (non-hydrogen) atoms. The molecule has 0 spiro atoms. The average Bonchev–Trinajstić information content (AvgIpc) is 2.84. The highest BCUT2D eigenvalue weighted by Crippen LogP contribution is 2.54. The molecule has 0 aromatic heterocycles. The quantitative estimate of drug-likeness (QED) is 0.431. The summed E-state index contributed by atoms with van der Waals surface area (Å²) in [5, 5.41) is 14.3. The lowest BCUT2D eigenvalue weighted by atomic mass is 9.52. The molecule has 2 aliphatic rings. The van der Waals surface area contributed by atoms with E-state index in [0.717, 1.165) is 57.1 Å². The molecule has 0 bridgehead atoms. The van der Waals surface area contributed by atoms with Crippen molar-refractivity contribution in [3.63, 3.8) is 0 Å². The third-order valence-corrected chi connectivity index (χ3v) is 8.05. The van der Waals surface area contributed by atoms with Crippen LogP contribution >= 0.6 is 0 Å². The Balaban J connectivity index is 1.57. The second kappa shape index (κ2) is 11.0. The van der Waals surface area contributed by atoms with Gasteiger partial charge in [-0.3, -0.25) is 4.79 Å². The van der Waals surface area contributed by atoms with Crippen LogP contribution in [0.2, 0.25) is 0 Å². The van der Waals surface area contributed by atoms with E-state index in [1.165, 1.54) is 16.7 Å². The largest absolute Gasteiger partial charge is 0.378 e. The summed E-state index contributed by atoms with van der Waals surface area (Å²) < 4.78 is 0. The molecule has 0 saturated heterocycles. The smallest absolute Gasteiger partial charge is 0.251 e. The number of carbonyl (C=O) groups excluding carboxylic acids is 1. The molecular weight excluding hydrogens is 432 g/mol. The van der Waals surface area contributed by atoms with Gasteiger partial charge in [-0.25, -0.2) is 0 Å². The number of benzene rings is 2. The number of carbonyl (C=O) groups is 1. The van der Waals surface area contributed by atoms with Crippen LogP contribution in [0.3, 0.4) is 0 Å². The van der Waals surface area contributed by atoms with E-state index in [0.29, 0.717) is 18.9 Å². The molecule has 2 N–H and O–H groups in total. The molecule has 1 amide bonds. The Bertz CT molecular complexity index is 1080. The fourth-order valence-electron chi connectivity index (χ4n) is 6.32. The summed E-state index contributed by atoms with van der Waals surface area (Å²) in [6.07, 6.45) is 7.29. The Hall–Kier alpha value is -2.61. The normalized spacial score (nSPS) is 25.2. The van der Waals surface area contributed by atoms with Gasteiger partial charge in [0.05, 0.1) is 0 Å². The molecule has 1 fully saturated rings. The molecule has 2 aromatic carbocycles. The van der Waals surface area contributed by atoms with Gasteiger partial charge < -0.3 is 15.3 Å². The predicted octanol–water partition coefficient (Wildman–Crippen LogP) is 4.74. The zero-order chi connectivity index (χ0) is 24.9. The third kappa shape index (κ3) is 5.80. The number of aliphatic hydroxyl groups is 1. The van der Waals surface area contributed by atoms with Crippen LogP contribution in [0.4, 0.5) is 0 Å². The number of fused-ring (bicyclic) bond motifs is 3. The first-order valence-corrected chi connectivity index (χ1v) is 13.1. The lowest BCUT2D eigenvalue weighted by molar-refractivity contribution is -0.00801. The van der Waals surface area contributed by atoms with E-state index in [1.54, 1.807) is 0 Å². The van der Waals surface area contributed by atoms with Crippen molar-refractivity contribution in [1.29, 1.82) is 0 Å². The maximum absolute atomic E-state index is 12.9. The number of amides is 1. The molecule has 4 rings (SSSR count). The Kier molecular flexibility index (Phi) is 7.99. The van der Waals surface area contributed by atoms with Gasteiger partial charge in [0.15, 0.2) is 0 Å². The van der Waals surface area contributed by atoms with Gasteiger partial charge in [0.25, 0.3) is 5.91 Å². The van der Waals surface area contributed by atoms with E-state index in [1.807, 2.05) is 13.0 Å². The van der Waals surface area contributed by atoms with Gasteiger partial charge in [-0.15, -0.1) is 5.92 Å². The van der Waals surface area contributed by atoms with Crippen LogP contribution in [0.1, 0.15) is 72.5 Å². The van der Waals surface area contributed by atoms with E-state index >= 15 is 0 Å². The molecule has 0 aliphatic heterocycles. The number of nitrogens with zero attached hydrogens (tertiary/aromatic N) is 1. The average molecular weight is 473 g/mol. The van der Waals surface area contributed by atoms with Gasteiger partial charge in [-0.2, -0.15) is 0 Å². The number of rotatable bonds is 8. The SMILES string of the molecule is CC#C[C@@]1(O)CC[C@@]2(Cc3ccccc3)c3ccc(C(=O)NCCCCN(C)C)cc3CC[C@@H]2C1. The van der Waals surface area contributed by atoms with E-state index in [2.05, 4.69) is 78.6 Å². The van der Waals surface area contributed by atoms with Crippen molar-refractivity contribution in [2.45, 2.75) is 69.3 Å². The number of aryl methyl sites for hydroxylation is 1. The van der Waals surface area contributed by atoms with Crippen LogP contribution in [0, 0.1) is 17.8 Å².